The number of benzene rings is 3. The van der Waals surface area contributed by atoms with Crippen molar-refractivity contribution in [2.75, 3.05) is 13.1 Å². The zero-order valence-electron chi connectivity index (χ0n) is 71.3. The first-order chi connectivity index (χ1) is 57.1. The number of aromatic nitrogens is 2. The average molecular weight is 1690 g/mol. The number of H-pyrrole nitrogens is 2. The van der Waals surface area contributed by atoms with E-state index in [4.69, 9.17) is 11.5 Å². The number of carbonyl (C=O) groups excluding carboxylic acids is 13. The van der Waals surface area contributed by atoms with Crippen molar-refractivity contribution in [3.63, 3.8) is 0 Å². The number of carboxylic acids is 2. The number of phenolic OH excluding ortho intramolecular Hbond substituents is 1. The van der Waals surface area contributed by atoms with Crippen LogP contribution in [0.3, 0.4) is 0 Å². The minimum atomic E-state index is -1.90. The van der Waals surface area contributed by atoms with Crippen LogP contribution in [0.15, 0.2) is 85.2 Å². The Labute approximate surface area is 704 Å². The normalized spacial score (nSPS) is 16.5. The third kappa shape index (κ3) is 29.7. The van der Waals surface area contributed by atoms with Crippen LogP contribution in [0.4, 0.5) is 0 Å². The van der Waals surface area contributed by atoms with Crippen molar-refractivity contribution in [3.8, 4) is 5.75 Å². The van der Waals surface area contributed by atoms with Crippen LogP contribution in [0.1, 0.15) is 171 Å². The molecule has 36 nitrogen and oxygen atoms in total. The molecular formula is C85H125N17O19. The van der Waals surface area contributed by atoms with Gasteiger partial charge in [-0.1, -0.05) is 124 Å². The molecule has 1 aliphatic heterocycles. The van der Waals surface area contributed by atoms with Crippen LogP contribution in [-0.4, -0.2) is 228 Å². The number of amides is 13. The highest BCUT2D eigenvalue weighted by molar-refractivity contribution is 6.02. The summed E-state index contributed by atoms with van der Waals surface area (Å²) in [6.07, 6.45) is 0.995. The molecule has 1 aliphatic rings. The number of aliphatic hydroxyl groups excluding tert-OH is 1. The molecule has 2 aromatic heterocycles. The maximum atomic E-state index is 14.9. The standard InChI is InChI=1S/C85H125N17O19/c1-14-47(10)70(100-72(107)48(11)87)82(117)97-65(39-53-42-89-58-25-18-16-23-56(53)58)79(114)94-63(37-51-28-30-54(104)31-29-51)77(112)98-66(40-68(105)106)84(119)102-33-21-27-67(102)81(116)96-62(36-45(6)7)80(115)101-71(50(13)103)83(118)91-59(26-19-20-32-86)74(109)92-61(35-44(4)5)76(111)95-64(38-52-41-88-57-24-17-15-22-55(52)57)78(113)93-60(34-43(2)3)75(110)90-49(12)73(108)99-69(46(8)9)85(120)121/h15-18,22-25,28-31,41-50,59-67,69-71,88-89,103-104H,14,19-21,26-27,32-40,86-87H2,1-13H3,(H,90,110)(H,91,118)(H,92,109)(H,93,113)(H,94,114)(H,95,111)(H,96,116)(H,97,117)(H,98,112)(H,99,108)(H,100,107)(H,101,115)(H,105,106)(H,120,121)/t47-,48-,49-,50+,59-,60-,61-,62-,63-,64-,65-,66-,67-,69-,70-,71-/m0/s1. The van der Waals surface area contributed by atoms with Gasteiger partial charge in [0.15, 0.2) is 0 Å². The quantitative estimate of drug-likeness (QED) is 0.0245. The largest absolute Gasteiger partial charge is 0.508 e. The van der Waals surface area contributed by atoms with Gasteiger partial charge in [0, 0.05) is 60.0 Å². The van der Waals surface area contributed by atoms with Crippen LogP contribution in [0.25, 0.3) is 21.8 Å². The van der Waals surface area contributed by atoms with Gasteiger partial charge in [-0.25, -0.2) is 4.79 Å². The number of aromatic hydroxyl groups is 1. The second-order valence-corrected chi connectivity index (χ2v) is 33.1. The summed E-state index contributed by atoms with van der Waals surface area (Å²) in [4.78, 5) is 220. The van der Waals surface area contributed by atoms with Gasteiger partial charge in [-0.05, 0) is 149 Å². The van der Waals surface area contributed by atoms with E-state index in [-0.39, 0.29) is 101 Å². The van der Waals surface area contributed by atoms with Gasteiger partial charge in [0.1, 0.15) is 84.3 Å². The summed E-state index contributed by atoms with van der Waals surface area (Å²) >= 11 is 0. The summed E-state index contributed by atoms with van der Waals surface area (Å²) in [5.41, 5.74) is 14.7. The van der Waals surface area contributed by atoms with E-state index in [9.17, 15) is 92.3 Å². The number of hydrogen-bond acceptors (Lipinski definition) is 19. The molecule has 16 atom stereocenters. The number of aromatic amines is 2. The third-order valence-corrected chi connectivity index (χ3v) is 21.2. The first-order valence-electron chi connectivity index (χ1n) is 41.5. The molecule has 3 aromatic carbocycles. The van der Waals surface area contributed by atoms with E-state index in [2.05, 4.69) is 73.8 Å². The average Bonchev–Trinajstić information content (AvgIpc) is 1.78. The molecule has 0 radical (unpaired) electrons. The Kier molecular flexibility index (Phi) is 38.1. The summed E-state index contributed by atoms with van der Waals surface area (Å²) in [5, 5.41) is 74.8. The Bertz CT molecular complexity index is 4410. The van der Waals surface area contributed by atoms with Crippen molar-refractivity contribution in [3.05, 3.63) is 102 Å². The number of hydrogen-bond donors (Lipinski definition) is 20. The van der Waals surface area contributed by atoms with Gasteiger partial charge in [-0.15, -0.1) is 0 Å². The van der Waals surface area contributed by atoms with Crippen molar-refractivity contribution in [1.82, 2.24) is 78.7 Å². The molecule has 1 saturated heterocycles. The lowest BCUT2D eigenvalue weighted by Gasteiger charge is -2.31. The molecule has 22 N–H and O–H groups in total. The predicted octanol–water partition coefficient (Wildman–Crippen LogP) is 1.47. The lowest BCUT2D eigenvalue weighted by atomic mass is 9.96. The number of aliphatic carboxylic acids is 2. The van der Waals surface area contributed by atoms with E-state index in [0.717, 1.165) is 4.90 Å². The van der Waals surface area contributed by atoms with Crippen molar-refractivity contribution < 1.29 is 92.3 Å². The van der Waals surface area contributed by atoms with Gasteiger partial charge < -0.3 is 111 Å². The minimum absolute atomic E-state index is 0.0211. The Balaban J connectivity index is 1.21. The number of nitrogens with zero attached hydrogens (tertiary/aromatic N) is 1. The monoisotopic (exact) mass is 1690 g/mol. The number of para-hydroxylation sites is 2. The fraction of sp³-hybridized carbons (Fsp3) is 0.565. The molecule has 36 heteroatoms. The van der Waals surface area contributed by atoms with Crippen LogP contribution in [-0.2, 0) is 91.2 Å². The Morgan fingerprint density at radius 3 is 1.36 bits per heavy atom. The molecule has 6 rings (SSSR count). The molecule has 664 valence electrons. The number of phenols is 1. The Hall–Kier alpha value is -11.5. The zero-order chi connectivity index (χ0) is 89.8. The van der Waals surface area contributed by atoms with E-state index in [1.807, 2.05) is 6.07 Å². The first-order valence-corrected chi connectivity index (χ1v) is 41.5. The third-order valence-electron chi connectivity index (χ3n) is 21.2. The highest BCUT2D eigenvalue weighted by Crippen LogP contribution is 2.25. The number of aliphatic hydroxyl groups is 1. The van der Waals surface area contributed by atoms with Crippen LogP contribution in [0, 0.1) is 29.6 Å². The molecule has 0 unspecified atom stereocenters. The Morgan fingerprint density at radius 2 is 0.893 bits per heavy atom. The number of carboxylic acid groups (broad SMARTS) is 2. The summed E-state index contributed by atoms with van der Waals surface area (Å²) in [6, 6.07) is 0.00447. The van der Waals surface area contributed by atoms with E-state index in [1.54, 1.807) is 124 Å². The minimum Gasteiger partial charge on any atom is -0.508 e. The number of nitrogens with two attached hydrogens (primary N) is 2. The molecule has 5 aromatic rings. The highest BCUT2D eigenvalue weighted by Gasteiger charge is 2.43. The zero-order valence-corrected chi connectivity index (χ0v) is 71.3. The van der Waals surface area contributed by atoms with Crippen molar-refractivity contribution in [2.24, 2.45) is 41.1 Å². The molecule has 3 heterocycles. The van der Waals surface area contributed by atoms with Gasteiger partial charge in [0.05, 0.1) is 18.6 Å². The summed E-state index contributed by atoms with van der Waals surface area (Å²) < 4.78 is 0. The highest BCUT2D eigenvalue weighted by atomic mass is 16.4. The van der Waals surface area contributed by atoms with Crippen LogP contribution >= 0.6 is 0 Å². The van der Waals surface area contributed by atoms with Crippen molar-refractivity contribution >= 4 is 111 Å². The number of fused-ring (bicyclic) bond motifs is 2. The summed E-state index contributed by atoms with van der Waals surface area (Å²) in [5.74, 6) is -16.2. The maximum absolute atomic E-state index is 14.9. The van der Waals surface area contributed by atoms with Gasteiger partial charge in [-0.2, -0.15) is 0 Å². The number of likely N-dealkylation sites (tertiary alicyclic amines) is 1. The number of nitrogens with one attached hydrogen (secondary N) is 14. The van der Waals surface area contributed by atoms with Crippen molar-refractivity contribution in [2.45, 2.75) is 264 Å². The molecule has 121 heavy (non-hydrogen) atoms. The van der Waals surface area contributed by atoms with E-state index in [1.165, 1.54) is 45.0 Å². The molecule has 13 amide bonds. The first kappa shape index (κ1) is 98.3. The molecule has 0 saturated carbocycles. The second kappa shape index (κ2) is 46.9. The fourth-order valence-electron chi connectivity index (χ4n) is 14.3. The summed E-state index contributed by atoms with van der Waals surface area (Å²) in [6.45, 7) is 21.4. The van der Waals surface area contributed by atoms with E-state index >= 15 is 0 Å². The maximum Gasteiger partial charge on any atom is 0.326 e. The number of carbonyl (C=O) groups is 15. The van der Waals surface area contributed by atoms with Crippen LogP contribution < -0.4 is 75.3 Å². The van der Waals surface area contributed by atoms with E-state index in [0.29, 0.717) is 51.3 Å². The molecular weight excluding hydrogens is 1560 g/mol. The summed E-state index contributed by atoms with van der Waals surface area (Å²) in [7, 11) is 0. The van der Waals surface area contributed by atoms with Crippen LogP contribution in [0.5, 0.6) is 5.75 Å². The Morgan fingerprint density at radius 1 is 0.471 bits per heavy atom. The lowest BCUT2D eigenvalue weighted by molar-refractivity contribution is -0.146. The van der Waals surface area contributed by atoms with Gasteiger partial charge in [0.25, 0.3) is 0 Å². The lowest BCUT2D eigenvalue weighted by Crippen LogP contribution is -2.62. The number of unbranched alkanes of at least 4 members (excludes halogenated alkanes) is 1. The van der Waals surface area contributed by atoms with Gasteiger partial charge in [-0.3, -0.25) is 67.1 Å². The van der Waals surface area contributed by atoms with E-state index < -0.39 is 198 Å². The van der Waals surface area contributed by atoms with Gasteiger partial charge >= 0.3 is 11.9 Å². The molecule has 0 spiro atoms. The second-order valence-electron chi connectivity index (χ2n) is 33.1. The SMILES string of the molecule is CC[C@H](C)[C@H](NC(=O)[C@H](C)N)C(=O)N[C@@H](Cc1c[nH]c2ccccc12)C(=O)N[C@@H](Cc1ccc(O)cc1)C(=O)N[C@@H](CC(=O)O)C(=O)N1CCC[C@H]1C(=O)N[C@@H](CC(C)C)C(=O)N[C@H](C(=O)N[C@@H](CCCCN)C(=O)N[C@@H](CC(C)C)C(=O)N[C@@H](Cc1c[nH]c2ccccc12)C(=O)N[C@@H](CC(C)C)C(=O)N[C@@H](C)C(=O)N[C@H](C(=O)O)C(C)C)[C@@H](C)O. The van der Waals surface area contributed by atoms with Gasteiger partial charge in [0.2, 0.25) is 76.8 Å². The van der Waals surface area contributed by atoms with Crippen LogP contribution in [0.2, 0.25) is 0 Å². The molecule has 0 aliphatic carbocycles. The molecule has 0 bridgehead atoms. The fourth-order valence-corrected chi connectivity index (χ4v) is 14.3. The van der Waals surface area contributed by atoms with Crippen molar-refractivity contribution in [1.29, 1.82) is 0 Å². The smallest absolute Gasteiger partial charge is 0.326 e. The topological polar surface area (TPSA) is 568 Å². The predicted molar refractivity (Wildman–Crippen MR) is 450 cm³/mol. The molecule has 1 fully saturated rings. The number of rotatable bonds is 48.